The molecular formula is C18H17N5O5S. The molecule has 0 atom stereocenters. The van der Waals surface area contributed by atoms with Gasteiger partial charge in [0.05, 0.1) is 22.7 Å². The molecule has 4 N–H and O–H groups in total. The van der Waals surface area contributed by atoms with Crippen LogP contribution in [0.25, 0.3) is 5.69 Å². The van der Waals surface area contributed by atoms with E-state index < -0.39 is 23.5 Å². The Kier molecular flexibility index (Phi) is 5.59. The van der Waals surface area contributed by atoms with Gasteiger partial charge in [0, 0.05) is 0 Å². The summed E-state index contributed by atoms with van der Waals surface area (Å²) in [6.45, 7) is 3.28. The van der Waals surface area contributed by atoms with Crippen LogP contribution in [0.2, 0.25) is 0 Å². The fourth-order valence-electron chi connectivity index (χ4n) is 2.62. The molecule has 29 heavy (non-hydrogen) atoms. The average Bonchev–Trinajstić information content (AvgIpc) is 3.23. The number of amides is 2. The van der Waals surface area contributed by atoms with Crippen LogP contribution in [0.4, 0.5) is 5.00 Å². The van der Waals surface area contributed by atoms with Gasteiger partial charge in [-0.1, -0.05) is 18.2 Å². The molecule has 0 saturated carbocycles. The van der Waals surface area contributed by atoms with Gasteiger partial charge in [-0.25, -0.2) is 9.59 Å². The molecule has 1 aromatic carbocycles. The zero-order valence-electron chi connectivity index (χ0n) is 15.5. The second-order valence-electron chi connectivity index (χ2n) is 5.83. The number of ether oxygens (including phenoxy) is 1. The number of aromatic amines is 1. The van der Waals surface area contributed by atoms with E-state index in [0.29, 0.717) is 11.3 Å². The zero-order chi connectivity index (χ0) is 21.1. The van der Waals surface area contributed by atoms with Gasteiger partial charge in [0.15, 0.2) is 0 Å². The van der Waals surface area contributed by atoms with Gasteiger partial charge >= 0.3 is 11.7 Å². The largest absolute Gasteiger partial charge is 0.462 e. The summed E-state index contributed by atoms with van der Waals surface area (Å²) in [5.74, 6) is -2.47. The maximum atomic E-state index is 12.6. The van der Waals surface area contributed by atoms with Crippen LogP contribution in [0.1, 0.15) is 43.1 Å². The van der Waals surface area contributed by atoms with E-state index in [1.807, 2.05) is 0 Å². The molecule has 0 spiro atoms. The number of nitrogens with zero attached hydrogens (tertiary/aromatic N) is 2. The Balaban J connectivity index is 1.95. The molecule has 0 saturated heterocycles. The Bertz CT molecular complexity index is 1150. The lowest BCUT2D eigenvalue weighted by Gasteiger charge is -2.05. The van der Waals surface area contributed by atoms with E-state index in [-0.39, 0.29) is 27.9 Å². The Morgan fingerprint density at radius 2 is 1.97 bits per heavy atom. The van der Waals surface area contributed by atoms with Gasteiger partial charge in [0.1, 0.15) is 5.00 Å². The number of hydrogen-bond acceptors (Lipinski definition) is 7. The van der Waals surface area contributed by atoms with Gasteiger partial charge in [-0.15, -0.1) is 16.4 Å². The fraction of sp³-hybridized carbons (Fsp3) is 0.167. The Morgan fingerprint density at radius 3 is 2.59 bits per heavy atom. The highest BCUT2D eigenvalue weighted by Crippen LogP contribution is 2.33. The van der Waals surface area contributed by atoms with Crippen molar-refractivity contribution in [1.82, 2.24) is 14.8 Å². The second-order valence-corrected chi connectivity index (χ2v) is 6.85. The fourth-order valence-corrected chi connectivity index (χ4v) is 3.66. The molecule has 2 aromatic heterocycles. The smallest absolute Gasteiger partial charge is 0.348 e. The highest BCUT2D eigenvalue weighted by molar-refractivity contribution is 7.18. The van der Waals surface area contributed by atoms with Crippen LogP contribution in [0, 0.1) is 6.92 Å². The van der Waals surface area contributed by atoms with Crippen molar-refractivity contribution in [3.63, 3.8) is 0 Å². The molecule has 0 aliphatic rings. The van der Waals surface area contributed by atoms with Crippen molar-refractivity contribution in [2.24, 2.45) is 5.73 Å². The van der Waals surface area contributed by atoms with Crippen LogP contribution in [-0.2, 0) is 4.74 Å². The first-order valence-electron chi connectivity index (χ1n) is 8.49. The highest BCUT2D eigenvalue weighted by atomic mass is 32.1. The zero-order valence-corrected chi connectivity index (χ0v) is 16.3. The number of primary amides is 1. The number of carbonyl (C=O) groups excluding carboxylic acids is 3. The number of nitrogens with one attached hydrogen (secondary N) is 2. The van der Waals surface area contributed by atoms with Crippen LogP contribution >= 0.6 is 11.3 Å². The molecule has 3 aromatic rings. The summed E-state index contributed by atoms with van der Waals surface area (Å²) in [6, 6.07) is 8.54. The first-order valence-corrected chi connectivity index (χ1v) is 9.31. The molecule has 10 nitrogen and oxygen atoms in total. The standard InChI is InChI=1S/C18H17N5O5S/c1-3-28-17(26)11-9(2)12(13(19)24)29-16(11)21-15(25)14-20-18(27)23(22-14)10-7-5-4-6-8-10/h4-8H,3H2,1-2H3,(H2,19,24)(H,21,25)(H,20,22,27). The molecular weight excluding hydrogens is 398 g/mol. The number of para-hydroxylation sites is 1. The second kappa shape index (κ2) is 8.10. The van der Waals surface area contributed by atoms with E-state index in [1.165, 1.54) is 6.92 Å². The minimum atomic E-state index is -0.764. The molecule has 3 rings (SSSR count). The summed E-state index contributed by atoms with van der Waals surface area (Å²) in [5, 5.41) is 6.56. The number of aromatic nitrogens is 3. The van der Waals surface area contributed by atoms with Crippen LogP contribution in [0.3, 0.4) is 0 Å². The number of benzene rings is 1. The third kappa shape index (κ3) is 3.94. The predicted octanol–water partition coefficient (Wildman–Crippen LogP) is 1.46. The van der Waals surface area contributed by atoms with Crippen LogP contribution < -0.4 is 16.7 Å². The van der Waals surface area contributed by atoms with Crippen molar-refractivity contribution in [1.29, 1.82) is 0 Å². The molecule has 2 heterocycles. The normalized spacial score (nSPS) is 10.6. The van der Waals surface area contributed by atoms with E-state index in [2.05, 4.69) is 15.4 Å². The van der Waals surface area contributed by atoms with E-state index in [4.69, 9.17) is 10.5 Å². The molecule has 0 aliphatic heterocycles. The van der Waals surface area contributed by atoms with Gasteiger partial charge in [-0.05, 0) is 31.5 Å². The lowest BCUT2D eigenvalue weighted by Crippen LogP contribution is -2.17. The SMILES string of the molecule is CCOC(=O)c1c(NC(=O)c2nn(-c3ccccc3)c(=O)[nH]2)sc(C(N)=O)c1C. The minimum absolute atomic E-state index is 0.0313. The molecule has 2 amide bonds. The molecule has 0 bridgehead atoms. The summed E-state index contributed by atoms with van der Waals surface area (Å²) in [4.78, 5) is 51.2. The van der Waals surface area contributed by atoms with Crippen LogP contribution in [-0.4, -0.2) is 39.2 Å². The van der Waals surface area contributed by atoms with E-state index in [0.717, 1.165) is 16.0 Å². The van der Waals surface area contributed by atoms with Gasteiger partial charge in [-0.2, -0.15) is 4.68 Å². The topological polar surface area (TPSA) is 149 Å². The van der Waals surface area contributed by atoms with E-state index in [9.17, 15) is 19.2 Å². The number of thiophene rings is 1. The third-order valence-electron chi connectivity index (χ3n) is 3.91. The minimum Gasteiger partial charge on any atom is -0.462 e. The van der Waals surface area contributed by atoms with Crippen molar-refractivity contribution in [2.75, 3.05) is 11.9 Å². The quantitative estimate of drug-likeness (QED) is 0.519. The van der Waals surface area contributed by atoms with Gasteiger partial charge in [0.2, 0.25) is 5.82 Å². The van der Waals surface area contributed by atoms with Gasteiger partial charge in [-0.3, -0.25) is 14.6 Å². The maximum absolute atomic E-state index is 12.6. The summed E-state index contributed by atoms with van der Waals surface area (Å²) in [7, 11) is 0. The monoisotopic (exact) mass is 415 g/mol. The summed E-state index contributed by atoms with van der Waals surface area (Å²) in [6.07, 6.45) is 0. The molecule has 0 fully saturated rings. The Labute approximate surface area is 168 Å². The Hall–Kier alpha value is -3.73. The first-order chi connectivity index (χ1) is 13.8. The van der Waals surface area contributed by atoms with E-state index >= 15 is 0 Å². The third-order valence-corrected chi connectivity index (χ3v) is 5.13. The van der Waals surface area contributed by atoms with Crippen LogP contribution in [0.5, 0.6) is 0 Å². The van der Waals surface area contributed by atoms with Gasteiger partial charge < -0.3 is 15.8 Å². The highest BCUT2D eigenvalue weighted by Gasteiger charge is 2.26. The molecule has 0 aliphatic carbocycles. The summed E-state index contributed by atoms with van der Waals surface area (Å²) < 4.78 is 6.03. The number of nitrogens with two attached hydrogens (primary N) is 1. The number of H-pyrrole nitrogens is 1. The number of hydrogen-bond donors (Lipinski definition) is 3. The predicted molar refractivity (Wildman–Crippen MR) is 106 cm³/mol. The number of esters is 1. The maximum Gasteiger partial charge on any atom is 0.348 e. The van der Waals surface area contributed by atoms with E-state index in [1.54, 1.807) is 37.3 Å². The van der Waals surface area contributed by atoms with Gasteiger partial charge in [0.25, 0.3) is 11.8 Å². The molecule has 0 radical (unpaired) electrons. The average molecular weight is 415 g/mol. The molecule has 0 unspecified atom stereocenters. The Morgan fingerprint density at radius 1 is 1.28 bits per heavy atom. The van der Waals surface area contributed by atoms with Crippen molar-refractivity contribution in [3.8, 4) is 5.69 Å². The van der Waals surface area contributed by atoms with Crippen molar-refractivity contribution in [3.05, 3.63) is 62.6 Å². The van der Waals surface area contributed by atoms with Crippen molar-refractivity contribution < 1.29 is 19.1 Å². The lowest BCUT2D eigenvalue weighted by atomic mass is 10.1. The molecule has 150 valence electrons. The number of carbonyl (C=O) groups is 3. The number of anilines is 1. The van der Waals surface area contributed by atoms with Crippen LogP contribution in [0.15, 0.2) is 35.1 Å². The van der Waals surface area contributed by atoms with Crippen molar-refractivity contribution in [2.45, 2.75) is 13.8 Å². The lowest BCUT2D eigenvalue weighted by molar-refractivity contribution is 0.0527. The summed E-state index contributed by atoms with van der Waals surface area (Å²) in [5.41, 5.74) is 5.55. The number of rotatable bonds is 6. The molecule has 11 heteroatoms. The van der Waals surface area contributed by atoms with Crippen molar-refractivity contribution >= 4 is 34.1 Å². The first kappa shape index (κ1) is 20.0. The summed E-state index contributed by atoms with van der Waals surface area (Å²) >= 11 is 0.845.